The van der Waals surface area contributed by atoms with Crippen LogP contribution in [0.25, 0.3) is 11.6 Å². The first-order valence-corrected chi connectivity index (χ1v) is 7.65. The van der Waals surface area contributed by atoms with Crippen LogP contribution in [-0.4, -0.2) is 24.8 Å². The average molecular weight is 348 g/mol. The minimum Gasteiger partial charge on any atom is -0.493 e. The second-order valence-electron chi connectivity index (χ2n) is 4.95. The molecule has 0 unspecified atom stereocenters. The van der Waals surface area contributed by atoms with Crippen molar-refractivity contribution in [2.45, 2.75) is 6.92 Å². The molecule has 0 radical (unpaired) electrons. The lowest BCUT2D eigenvalue weighted by Gasteiger charge is -2.12. The number of benzene rings is 2. The van der Waals surface area contributed by atoms with Gasteiger partial charge in [0.15, 0.2) is 11.5 Å². The summed E-state index contributed by atoms with van der Waals surface area (Å²) < 4.78 is 10.7. The van der Waals surface area contributed by atoms with E-state index in [1.165, 1.54) is 13.2 Å². The first-order chi connectivity index (χ1) is 11.5. The van der Waals surface area contributed by atoms with Crippen LogP contribution in [0.4, 0.5) is 5.69 Å². The van der Waals surface area contributed by atoms with Gasteiger partial charge in [-0.15, -0.1) is 0 Å². The Kier molecular flexibility index (Phi) is 5.71. The van der Waals surface area contributed by atoms with Gasteiger partial charge in [-0.2, -0.15) is 0 Å². The first kappa shape index (κ1) is 17.7. The highest BCUT2D eigenvalue weighted by Gasteiger charge is 2.14. The van der Waals surface area contributed by atoms with Gasteiger partial charge in [-0.05, 0) is 48.4 Å². The van der Waals surface area contributed by atoms with Crippen molar-refractivity contribution in [1.82, 2.24) is 0 Å². The van der Waals surface area contributed by atoms with Crippen molar-refractivity contribution in [1.29, 1.82) is 0 Å². The maximum absolute atomic E-state index is 11.6. The molecule has 2 rings (SSSR count). The third kappa shape index (κ3) is 4.00. The lowest BCUT2D eigenvalue weighted by atomic mass is 10.0. The van der Waals surface area contributed by atoms with Crippen LogP contribution in [0.15, 0.2) is 36.4 Å². The maximum atomic E-state index is 11.6. The summed E-state index contributed by atoms with van der Waals surface area (Å²) in [6.07, 6.45) is 1.53. The smallest absolute Gasteiger partial charge is 0.336 e. The summed E-state index contributed by atoms with van der Waals surface area (Å²) in [5, 5.41) is 9.85. The third-order valence-electron chi connectivity index (χ3n) is 3.30. The molecule has 2 aromatic carbocycles. The van der Waals surface area contributed by atoms with E-state index in [-0.39, 0.29) is 5.57 Å². The number of ether oxygens (including phenoxy) is 2. The van der Waals surface area contributed by atoms with Gasteiger partial charge in [0.1, 0.15) is 0 Å². The topological polar surface area (TPSA) is 81.8 Å². The number of anilines is 1. The van der Waals surface area contributed by atoms with E-state index < -0.39 is 5.97 Å². The molecule has 0 aliphatic carbocycles. The summed E-state index contributed by atoms with van der Waals surface area (Å²) in [5.41, 5.74) is 7.46. The molecular weight excluding hydrogens is 330 g/mol. The van der Waals surface area contributed by atoms with E-state index >= 15 is 0 Å². The Morgan fingerprint density at radius 1 is 1.29 bits per heavy atom. The molecule has 3 N–H and O–H groups in total. The molecule has 0 atom stereocenters. The Labute approximate surface area is 145 Å². The summed E-state index contributed by atoms with van der Waals surface area (Å²) in [5.74, 6) is -0.176. The Morgan fingerprint density at radius 3 is 2.50 bits per heavy atom. The molecule has 0 saturated heterocycles. The number of nitrogens with two attached hydrogens (primary N) is 1. The summed E-state index contributed by atoms with van der Waals surface area (Å²) in [7, 11) is 1.50. The van der Waals surface area contributed by atoms with E-state index in [9.17, 15) is 9.90 Å². The monoisotopic (exact) mass is 347 g/mol. The van der Waals surface area contributed by atoms with Crippen LogP contribution in [-0.2, 0) is 4.79 Å². The number of aliphatic carboxylic acids is 1. The molecule has 0 spiro atoms. The quantitative estimate of drug-likeness (QED) is 0.469. The molecule has 0 saturated carbocycles. The first-order valence-electron chi connectivity index (χ1n) is 7.27. The summed E-state index contributed by atoms with van der Waals surface area (Å²) >= 11 is 6.22. The van der Waals surface area contributed by atoms with Crippen LogP contribution in [0.5, 0.6) is 11.5 Å². The van der Waals surface area contributed by atoms with Crippen molar-refractivity contribution in [3.05, 3.63) is 52.5 Å². The van der Waals surface area contributed by atoms with Crippen LogP contribution >= 0.6 is 11.6 Å². The lowest BCUT2D eigenvalue weighted by Crippen LogP contribution is -2.00. The molecule has 2 aromatic rings. The number of hydrogen-bond donors (Lipinski definition) is 2. The Morgan fingerprint density at radius 2 is 1.96 bits per heavy atom. The van der Waals surface area contributed by atoms with Crippen molar-refractivity contribution >= 4 is 34.9 Å². The maximum Gasteiger partial charge on any atom is 0.336 e. The molecule has 0 aliphatic rings. The van der Waals surface area contributed by atoms with Crippen LogP contribution in [0.2, 0.25) is 5.02 Å². The van der Waals surface area contributed by atoms with E-state index in [0.29, 0.717) is 39.9 Å². The number of carbonyl (C=O) groups is 1. The number of carboxylic acids is 1. The van der Waals surface area contributed by atoms with Gasteiger partial charge in [0, 0.05) is 5.69 Å². The zero-order chi connectivity index (χ0) is 17.7. The predicted molar refractivity (Wildman–Crippen MR) is 95.5 cm³/mol. The SMILES string of the molecule is CCOc1c(Cl)cc(/C=C(\C(=O)O)c2ccc(N)cc2)cc1OC. The molecule has 0 aromatic heterocycles. The molecule has 5 nitrogen and oxygen atoms in total. The third-order valence-corrected chi connectivity index (χ3v) is 3.58. The van der Waals surface area contributed by atoms with Crippen molar-refractivity contribution in [2.75, 3.05) is 19.5 Å². The van der Waals surface area contributed by atoms with Gasteiger partial charge < -0.3 is 20.3 Å². The molecule has 0 fully saturated rings. The highest BCUT2D eigenvalue weighted by atomic mass is 35.5. The van der Waals surface area contributed by atoms with Gasteiger partial charge in [-0.1, -0.05) is 23.7 Å². The van der Waals surface area contributed by atoms with Crippen LogP contribution < -0.4 is 15.2 Å². The van der Waals surface area contributed by atoms with Crippen LogP contribution in [0.1, 0.15) is 18.1 Å². The molecule has 6 heteroatoms. The van der Waals surface area contributed by atoms with Gasteiger partial charge in [0.05, 0.1) is 24.3 Å². The molecule has 0 heterocycles. The summed E-state index contributed by atoms with van der Waals surface area (Å²) in [4.78, 5) is 11.6. The molecule has 0 amide bonds. The van der Waals surface area contributed by atoms with E-state index in [1.807, 2.05) is 6.92 Å². The minimum absolute atomic E-state index is 0.122. The largest absolute Gasteiger partial charge is 0.493 e. The van der Waals surface area contributed by atoms with Gasteiger partial charge in [0.2, 0.25) is 0 Å². The number of nitrogen functional groups attached to an aromatic ring is 1. The molecule has 0 aliphatic heterocycles. The molecule has 0 bridgehead atoms. The van der Waals surface area contributed by atoms with Crippen molar-refractivity contribution in [3.63, 3.8) is 0 Å². The highest BCUT2D eigenvalue weighted by Crippen LogP contribution is 2.37. The van der Waals surface area contributed by atoms with E-state index in [1.54, 1.807) is 36.4 Å². The average Bonchev–Trinajstić information content (AvgIpc) is 2.55. The summed E-state index contributed by atoms with van der Waals surface area (Å²) in [6.45, 7) is 2.28. The van der Waals surface area contributed by atoms with Gasteiger partial charge in [0.25, 0.3) is 0 Å². The number of carboxylic acid groups (broad SMARTS) is 1. The number of halogens is 1. The van der Waals surface area contributed by atoms with Crippen molar-refractivity contribution in [2.24, 2.45) is 0 Å². The second kappa shape index (κ2) is 7.75. The fraction of sp³-hybridized carbons (Fsp3) is 0.167. The van der Waals surface area contributed by atoms with Crippen LogP contribution in [0, 0.1) is 0 Å². The fourth-order valence-electron chi connectivity index (χ4n) is 2.21. The fourth-order valence-corrected chi connectivity index (χ4v) is 2.48. The van der Waals surface area contributed by atoms with Gasteiger partial charge in [-0.25, -0.2) is 4.79 Å². The normalized spacial score (nSPS) is 11.2. The Balaban J connectivity index is 2.52. The van der Waals surface area contributed by atoms with Gasteiger partial charge >= 0.3 is 5.97 Å². The molecular formula is C18H18ClNO4. The van der Waals surface area contributed by atoms with Gasteiger partial charge in [-0.3, -0.25) is 0 Å². The second-order valence-corrected chi connectivity index (χ2v) is 5.36. The number of rotatable bonds is 6. The highest BCUT2D eigenvalue weighted by molar-refractivity contribution is 6.32. The van der Waals surface area contributed by atoms with Crippen LogP contribution in [0.3, 0.4) is 0 Å². The predicted octanol–water partition coefficient (Wildman–Crippen LogP) is 3.95. The lowest BCUT2D eigenvalue weighted by molar-refractivity contribution is -0.130. The van der Waals surface area contributed by atoms with E-state index in [2.05, 4.69) is 0 Å². The zero-order valence-corrected chi connectivity index (χ0v) is 14.1. The Bertz CT molecular complexity index is 769. The molecule has 24 heavy (non-hydrogen) atoms. The number of methoxy groups -OCH3 is 1. The molecule has 126 valence electrons. The van der Waals surface area contributed by atoms with Crippen molar-refractivity contribution in [3.8, 4) is 11.5 Å². The van der Waals surface area contributed by atoms with E-state index in [4.69, 9.17) is 26.8 Å². The summed E-state index contributed by atoms with van der Waals surface area (Å²) in [6, 6.07) is 9.92. The standard InChI is InChI=1S/C18H18ClNO4/c1-3-24-17-15(19)9-11(10-16(17)23-2)8-14(18(21)22)12-4-6-13(20)7-5-12/h4-10H,3,20H2,1-2H3,(H,21,22)/b14-8-. The zero-order valence-electron chi connectivity index (χ0n) is 13.4. The van der Waals surface area contributed by atoms with E-state index in [0.717, 1.165) is 0 Å². The van der Waals surface area contributed by atoms with Crippen molar-refractivity contribution < 1.29 is 19.4 Å². The number of hydrogen-bond acceptors (Lipinski definition) is 4. The Hall–Kier alpha value is -2.66. The minimum atomic E-state index is -1.05.